The lowest BCUT2D eigenvalue weighted by molar-refractivity contribution is -0.140. The van der Waals surface area contributed by atoms with Crippen LogP contribution in [-0.2, 0) is 9.53 Å². The van der Waals surface area contributed by atoms with Gasteiger partial charge in [-0.2, -0.15) is 0 Å². The fourth-order valence-corrected chi connectivity index (χ4v) is 1.45. The highest BCUT2D eigenvalue weighted by Crippen LogP contribution is 2.14. The Bertz CT molecular complexity index is 493. The van der Waals surface area contributed by atoms with E-state index < -0.39 is 0 Å². The summed E-state index contributed by atoms with van der Waals surface area (Å²) in [6.45, 7) is 0.453. The van der Waals surface area contributed by atoms with Gasteiger partial charge in [0.15, 0.2) is 0 Å². The minimum absolute atomic E-state index is 0.259. The average molecular weight is 246 g/mol. The Morgan fingerprint density at radius 1 is 1.44 bits per heavy atom. The molecule has 2 aromatic rings. The van der Waals surface area contributed by atoms with Crippen molar-refractivity contribution in [1.29, 1.82) is 0 Å². The van der Waals surface area contributed by atoms with Gasteiger partial charge in [-0.15, -0.1) is 0 Å². The smallest absolute Gasteiger partial charge is 0.307 e. The van der Waals surface area contributed by atoms with Crippen molar-refractivity contribution in [3.63, 3.8) is 0 Å². The highest BCUT2D eigenvalue weighted by Gasteiger charge is 2.02. The molecule has 0 fully saturated rings. The number of aromatic amines is 1. The summed E-state index contributed by atoms with van der Waals surface area (Å²) < 4.78 is 4.53. The molecule has 0 bridgehead atoms. The van der Waals surface area contributed by atoms with E-state index in [0.717, 1.165) is 11.3 Å². The summed E-state index contributed by atoms with van der Waals surface area (Å²) in [6, 6.07) is 3.86. The normalized spacial score (nSPS) is 10.1. The molecule has 0 aliphatic carbocycles. The lowest BCUT2D eigenvalue weighted by Gasteiger charge is -2.04. The molecule has 0 amide bonds. The molecule has 0 atom stereocenters. The van der Waals surface area contributed by atoms with E-state index in [1.165, 1.54) is 7.11 Å². The first-order valence-corrected chi connectivity index (χ1v) is 5.56. The Labute approximate surface area is 104 Å². The highest BCUT2D eigenvalue weighted by molar-refractivity contribution is 5.69. The summed E-state index contributed by atoms with van der Waals surface area (Å²) in [5, 5.41) is 2.95. The summed E-state index contributed by atoms with van der Waals surface area (Å²) in [7, 11) is 1.37. The van der Waals surface area contributed by atoms with Crippen molar-refractivity contribution in [2.24, 2.45) is 0 Å². The molecule has 0 saturated carbocycles. The number of ether oxygens (including phenoxy) is 1. The van der Waals surface area contributed by atoms with Crippen LogP contribution >= 0.6 is 0 Å². The van der Waals surface area contributed by atoms with Gasteiger partial charge in [0.2, 0.25) is 5.95 Å². The van der Waals surface area contributed by atoms with Crippen LogP contribution in [0.2, 0.25) is 0 Å². The van der Waals surface area contributed by atoms with Crippen LogP contribution in [0.15, 0.2) is 30.7 Å². The summed E-state index contributed by atoms with van der Waals surface area (Å²) in [6.07, 6.45) is 5.58. The maximum Gasteiger partial charge on any atom is 0.307 e. The number of esters is 1. The minimum atomic E-state index is -0.259. The van der Waals surface area contributed by atoms with Crippen molar-refractivity contribution < 1.29 is 9.53 Å². The summed E-state index contributed by atoms with van der Waals surface area (Å²) in [5.41, 5.74) is 1.88. The Balaban J connectivity index is 1.90. The fourth-order valence-electron chi connectivity index (χ4n) is 1.45. The first kappa shape index (κ1) is 12.1. The van der Waals surface area contributed by atoms with Crippen LogP contribution in [-0.4, -0.2) is 34.6 Å². The summed E-state index contributed by atoms with van der Waals surface area (Å²) in [4.78, 5) is 22.3. The molecule has 0 unspecified atom stereocenters. The van der Waals surface area contributed by atoms with Crippen LogP contribution < -0.4 is 5.32 Å². The van der Waals surface area contributed by atoms with Crippen LogP contribution in [0.3, 0.4) is 0 Å². The van der Waals surface area contributed by atoms with Crippen LogP contribution in [0, 0.1) is 0 Å². The lowest BCUT2D eigenvalue weighted by atomic mass is 10.2. The first-order valence-electron chi connectivity index (χ1n) is 5.56. The summed E-state index contributed by atoms with van der Waals surface area (Å²) in [5.74, 6) is 0.236. The second kappa shape index (κ2) is 5.81. The third kappa shape index (κ3) is 3.07. The van der Waals surface area contributed by atoms with E-state index in [0.29, 0.717) is 12.5 Å². The molecule has 6 heteroatoms. The van der Waals surface area contributed by atoms with Gasteiger partial charge in [0.25, 0.3) is 0 Å². The number of anilines is 1. The van der Waals surface area contributed by atoms with Gasteiger partial charge in [0.05, 0.1) is 13.5 Å². The monoisotopic (exact) mass is 246 g/mol. The number of hydrogen-bond acceptors (Lipinski definition) is 5. The molecule has 2 rings (SSSR count). The number of hydrogen-bond donors (Lipinski definition) is 2. The molecule has 0 saturated heterocycles. The maximum absolute atomic E-state index is 10.9. The third-order valence-corrected chi connectivity index (χ3v) is 2.40. The lowest BCUT2D eigenvalue weighted by Crippen LogP contribution is -2.11. The Morgan fingerprint density at radius 2 is 2.22 bits per heavy atom. The molecule has 0 spiro atoms. The quantitative estimate of drug-likeness (QED) is 0.780. The van der Waals surface area contributed by atoms with Gasteiger partial charge in [-0.1, -0.05) is 0 Å². The van der Waals surface area contributed by atoms with Gasteiger partial charge >= 0.3 is 5.97 Å². The number of H-pyrrole nitrogens is 1. The SMILES string of the molecule is COC(=O)CCNc1ncc(-c2ccc[nH]2)cn1. The zero-order valence-corrected chi connectivity index (χ0v) is 10.0. The van der Waals surface area contributed by atoms with Crippen molar-refractivity contribution in [1.82, 2.24) is 15.0 Å². The molecular formula is C12H14N4O2. The molecule has 0 aromatic carbocycles. The number of nitrogens with zero attached hydrogens (tertiary/aromatic N) is 2. The van der Waals surface area contributed by atoms with E-state index in [4.69, 9.17) is 0 Å². The topological polar surface area (TPSA) is 79.9 Å². The van der Waals surface area contributed by atoms with Crippen LogP contribution in [0.25, 0.3) is 11.3 Å². The molecule has 18 heavy (non-hydrogen) atoms. The van der Waals surface area contributed by atoms with Gasteiger partial charge in [-0.25, -0.2) is 9.97 Å². The highest BCUT2D eigenvalue weighted by atomic mass is 16.5. The largest absolute Gasteiger partial charge is 0.469 e. The minimum Gasteiger partial charge on any atom is -0.469 e. The first-order chi connectivity index (χ1) is 8.79. The van der Waals surface area contributed by atoms with Gasteiger partial charge in [-0.3, -0.25) is 4.79 Å². The van der Waals surface area contributed by atoms with E-state index in [2.05, 4.69) is 25.0 Å². The molecule has 0 aliphatic heterocycles. The number of aromatic nitrogens is 3. The van der Waals surface area contributed by atoms with Crippen LogP contribution in [0.5, 0.6) is 0 Å². The number of rotatable bonds is 5. The predicted octanol–water partition coefficient (Wildman–Crippen LogP) is 1.45. The Hall–Kier alpha value is -2.37. The van der Waals surface area contributed by atoms with E-state index in [1.807, 2.05) is 18.3 Å². The number of nitrogens with one attached hydrogen (secondary N) is 2. The maximum atomic E-state index is 10.9. The predicted molar refractivity (Wildman–Crippen MR) is 66.9 cm³/mol. The van der Waals surface area contributed by atoms with E-state index in [1.54, 1.807) is 12.4 Å². The van der Waals surface area contributed by atoms with E-state index in [9.17, 15) is 4.79 Å². The van der Waals surface area contributed by atoms with Crippen LogP contribution in [0.4, 0.5) is 5.95 Å². The second-order valence-electron chi connectivity index (χ2n) is 3.63. The van der Waals surface area contributed by atoms with Crippen molar-refractivity contribution in [3.8, 4) is 11.3 Å². The molecule has 94 valence electrons. The van der Waals surface area contributed by atoms with Crippen molar-refractivity contribution in [2.75, 3.05) is 19.0 Å². The van der Waals surface area contributed by atoms with Gasteiger partial charge in [0.1, 0.15) is 0 Å². The van der Waals surface area contributed by atoms with E-state index >= 15 is 0 Å². The van der Waals surface area contributed by atoms with Gasteiger partial charge in [0, 0.05) is 36.4 Å². The molecule has 0 radical (unpaired) electrons. The van der Waals surface area contributed by atoms with Crippen molar-refractivity contribution >= 4 is 11.9 Å². The van der Waals surface area contributed by atoms with E-state index in [-0.39, 0.29) is 12.4 Å². The summed E-state index contributed by atoms with van der Waals surface area (Å²) >= 11 is 0. The van der Waals surface area contributed by atoms with Gasteiger partial charge in [-0.05, 0) is 12.1 Å². The zero-order chi connectivity index (χ0) is 12.8. The van der Waals surface area contributed by atoms with Gasteiger partial charge < -0.3 is 15.0 Å². The van der Waals surface area contributed by atoms with Crippen molar-refractivity contribution in [3.05, 3.63) is 30.7 Å². The Morgan fingerprint density at radius 3 is 2.83 bits per heavy atom. The van der Waals surface area contributed by atoms with Crippen molar-refractivity contribution in [2.45, 2.75) is 6.42 Å². The third-order valence-electron chi connectivity index (χ3n) is 2.40. The molecule has 6 nitrogen and oxygen atoms in total. The fraction of sp³-hybridized carbons (Fsp3) is 0.250. The molecule has 2 N–H and O–H groups in total. The standard InChI is InChI=1S/C12H14N4O2/c1-18-11(17)4-6-14-12-15-7-9(8-16-12)10-3-2-5-13-10/h2-3,5,7-8,13H,4,6H2,1H3,(H,14,15,16). The molecule has 0 aliphatic rings. The second-order valence-corrected chi connectivity index (χ2v) is 3.63. The average Bonchev–Trinajstić information content (AvgIpc) is 2.93. The number of carbonyl (C=O) groups excluding carboxylic acids is 1. The number of methoxy groups -OCH3 is 1. The molecule has 2 heterocycles. The molecular weight excluding hydrogens is 232 g/mol. The number of carbonyl (C=O) groups is 1. The zero-order valence-electron chi connectivity index (χ0n) is 10.0. The molecule has 2 aromatic heterocycles. The van der Waals surface area contributed by atoms with Crippen LogP contribution in [0.1, 0.15) is 6.42 Å². The Kier molecular flexibility index (Phi) is 3.90.